The Kier molecular flexibility index (Phi) is 35.7. The molecule has 13 nitrogen and oxygen atoms in total. The molecule has 1 rings (SSSR count). The molecular weight excluding hydrogens is 828 g/mol. The highest BCUT2D eigenvalue weighted by atomic mass is 31.2. The maximum absolute atomic E-state index is 12.8. The molecule has 6 atom stereocenters. The first-order valence-electron chi connectivity index (χ1n) is 23.7. The summed E-state index contributed by atoms with van der Waals surface area (Å²) in [4.78, 5) is 35.7. The van der Waals surface area contributed by atoms with Gasteiger partial charge in [-0.2, -0.15) is 0 Å². The highest BCUT2D eigenvalue weighted by Gasteiger charge is 2.51. The molecule has 0 saturated heterocycles. The smallest absolute Gasteiger partial charge is 0.462 e. The van der Waals surface area contributed by atoms with Crippen LogP contribution in [0.25, 0.3) is 0 Å². The summed E-state index contributed by atoms with van der Waals surface area (Å²) < 4.78 is 33.5. The molecule has 0 spiro atoms. The first-order valence-corrected chi connectivity index (χ1v) is 25.2. The van der Waals surface area contributed by atoms with E-state index in [1.807, 2.05) is 12.2 Å². The number of aliphatic hydroxyl groups is 5. The number of esters is 2. The zero-order chi connectivity index (χ0) is 46.4. The average Bonchev–Trinajstić information content (AvgIpc) is 3.26. The lowest BCUT2D eigenvalue weighted by molar-refractivity contribution is -0.220. The molecule has 0 amide bonds. The summed E-state index contributed by atoms with van der Waals surface area (Å²) in [5.41, 5.74) is 0. The quantitative estimate of drug-likeness (QED) is 0.0148. The molecule has 6 N–H and O–H groups in total. The Morgan fingerprint density at radius 1 is 0.508 bits per heavy atom. The van der Waals surface area contributed by atoms with Crippen molar-refractivity contribution in [1.82, 2.24) is 0 Å². The van der Waals surface area contributed by atoms with Gasteiger partial charge < -0.3 is 39.9 Å². The van der Waals surface area contributed by atoms with Gasteiger partial charge in [0.1, 0.15) is 43.2 Å². The van der Waals surface area contributed by atoms with Crippen molar-refractivity contribution >= 4 is 19.8 Å². The van der Waals surface area contributed by atoms with Crippen LogP contribution in [0.1, 0.15) is 168 Å². The summed E-state index contributed by atoms with van der Waals surface area (Å²) in [5, 5.41) is 50.2. The van der Waals surface area contributed by atoms with Gasteiger partial charge in [0.2, 0.25) is 0 Å². The Morgan fingerprint density at radius 2 is 0.921 bits per heavy atom. The summed E-state index contributed by atoms with van der Waals surface area (Å²) in [7, 11) is -5.14. The lowest BCUT2D eigenvalue weighted by atomic mass is 9.85. The second-order valence-electron chi connectivity index (χ2n) is 16.2. The van der Waals surface area contributed by atoms with Crippen molar-refractivity contribution < 1.29 is 63.1 Å². The molecular formula is C49H83O13P. The maximum Gasteiger partial charge on any atom is 0.472 e. The van der Waals surface area contributed by atoms with Gasteiger partial charge in [-0.15, -0.1) is 0 Å². The van der Waals surface area contributed by atoms with Crippen LogP contribution in [-0.2, 0) is 32.7 Å². The topological polar surface area (TPSA) is 210 Å². The van der Waals surface area contributed by atoms with Gasteiger partial charge in [-0.3, -0.25) is 18.6 Å². The second-order valence-corrected chi connectivity index (χ2v) is 17.6. The second kappa shape index (κ2) is 38.5. The van der Waals surface area contributed by atoms with Crippen LogP contribution >= 0.6 is 7.82 Å². The largest absolute Gasteiger partial charge is 0.472 e. The molecule has 1 saturated carbocycles. The molecule has 362 valence electrons. The molecule has 6 unspecified atom stereocenters. The van der Waals surface area contributed by atoms with Crippen LogP contribution in [0.3, 0.4) is 0 Å². The Hall–Kier alpha value is -2.71. The lowest BCUT2D eigenvalue weighted by Crippen LogP contribution is -2.64. The van der Waals surface area contributed by atoms with Crippen LogP contribution in [0.4, 0.5) is 0 Å². The third kappa shape index (κ3) is 31.0. The summed E-state index contributed by atoms with van der Waals surface area (Å²) in [6, 6.07) is 0. The van der Waals surface area contributed by atoms with E-state index in [0.29, 0.717) is 19.3 Å². The standard InChI is InChI=1S/C49H83O13P/c1-3-5-7-9-11-13-15-17-19-21-23-25-27-29-31-33-35-37-42(50)59-39-41(40-60-63(57,58)62-49-47(55)45(53)44(52)46(54)48(49)56)61-43(51)38-36-34-32-30-28-26-24-22-20-18-16-14-12-10-8-6-4-2/h6,8,12,14,17-20,24,26,30,32,41,44-49,52-56H,3-5,7,9-11,13,15-16,21-23,25,27-29,31,33-40H2,1-2H3,(H,57,58)/b8-6-,14-12-,19-17-,20-18-,26-24-,32-30-. The molecule has 0 aromatic carbocycles. The van der Waals surface area contributed by atoms with E-state index in [1.165, 1.54) is 57.8 Å². The van der Waals surface area contributed by atoms with Crippen LogP contribution in [0.2, 0.25) is 0 Å². The molecule has 0 heterocycles. The third-order valence-electron chi connectivity index (χ3n) is 10.5. The monoisotopic (exact) mass is 911 g/mol. The van der Waals surface area contributed by atoms with Gasteiger partial charge in [-0.25, -0.2) is 4.57 Å². The molecule has 0 radical (unpaired) electrons. The highest BCUT2D eigenvalue weighted by molar-refractivity contribution is 7.47. The first-order chi connectivity index (χ1) is 30.4. The Labute approximate surface area is 378 Å². The van der Waals surface area contributed by atoms with Crippen LogP contribution in [0, 0.1) is 0 Å². The summed E-state index contributed by atoms with van der Waals surface area (Å²) in [5.74, 6) is -1.18. The van der Waals surface area contributed by atoms with Gasteiger partial charge in [0.15, 0.2) is 6.10 Å². The number of allylic oxidation sites excluding steroid dienone is 12. The van der Waals surface area contributed by atoms with Crippen molar-refractivity contribution in [1.29, 1.82) is 0 Å². The normalized spacial score (nSPS) is 22.3. The Morgan fingerprint density at radius 3 is 1.44 bits per heavy atom. The molecule has 0 aromatic rings. The molecule has 14 heteroatoms. The number of ether oxygens (including phenoxy) is 2. The Balaban J connectivity index is 2.49. The van der Waals surface area contributed by atoms with E-state index in [4.69, 9.17) is 18.5 Å². The number of carbonyl (C=O) groups excluding carboxylic acids is 2. The van der Waals surface area contributed by atoms with Crippen LogP contribution in [0.5, 0.6) is 0 Å². The molecule has 1 aliphatic carbocycles. The minimum absolute atomic E-state index is 0.0144. The predicted octanol–water partition coefficient (Wildman–Crippen LogP) is 9.50. The fourth-order valence-electron chi connectivity index (χ4n) is 6.73. The molecule has 1 fully saturated rings. The zero-order valence-corrected chi connectivity index (χ0v) is 39.2. The molecule has 63 heavy (non-hydrogen) atoms. The van der Waals surface area contributed by atoms with Crippen LogP contribution in [0.15, 0.2) is 72.9 Å². The van der Waals surface area contributed by atoms with E-state index in [2.05, 4.69) is 74.6 Å². The third-order valence-corrected chi connectivity index (χ3v) is 11.5. The predicted molar refractivity (Wildman–Crippen MR) is 249 cm³/mol. The van der Waals surface area contributed by atoms with Crippen molar-refractivity contribution in [3.63, 3.8) is 0 Å². The minimum atomic E-state index is -5.14. The number of unbranched alkanes of at least 4 members (excludes halogenated alkanes) is 14. The van der Waals surface area contributed by atoms with Gasteiger partial charge >= 0.3 is 19.8 Å². The summed E-state index contributed by atoms with van der Waals surface area (Å²) in [6.45, 7) is 3.13. The number of hydrogen-bond donors (Lipinski definition) is 6. The first kappa shape index (κ1) is 58.3. The van der Waals surface area contributed by atoms with E-state index in [-0.39, 0.29) is 12.8 Å². The fourth-order valence-corrected chi connectivity index (χ4v) is 7.70. The van der Waals surface area contributed by atoms with Gasteiger partial charge in [0.05, 0.1) is 6.61 Å². The van der Waals surface area contributed by atoms with Gasteiger partial charge in [-0.05, 0) is 77.0 Å². The summed E-state index contributed by atoms with van der Waals surface area (Å²) >= 11 is 0. The number of rotatable bonds is 38. The minimum Gasteiger partial charge on any atom is -0.462 e. The molecule has 0 aromatic heterocycles. The van der Waals surface area contributed by atoms with E-state index < -0.39 is 75.7 Å². The van der Waals surface area contributed by atoms with E-state index in [1.54, 1.807) is 0 Å². The number of phosphoric acid groups is 1. The number of aliphatic hydroxyl groups excluding tert-OH is 5. The Bertz CT molecular complexity index is 1380. The van der Waals surface area contributed by atoms with Gasteiger partial charge in [-0.1, -0.05) is 151 Å². The lowest BCUT2D eigenvalue weighted by Gasteiger charge is -2.41. The van der Waals surface area contributed by atoms with Crippen LogP contribution < -0.4 is 0 Å². The van der Waals surface area contributed by atoms with Crippen molar-refractivity contribution in [3.05, 3.63) is 72.9 Å². The number of phosphoric ester groups is 1. The fraction of sp³-hybridized carbons (Fsp3) is 0.714. The highest BCUT2D eigenvalue weighted by Crippen LogP contribution is 2.47. The van der Waals surface area contributed by atoms with Crippen molar-refractivity contribution in [3.8, 4) is 0 Å². The van der Waals surface area contributed by atoms with Crippen molar-refractivity contribution in [2.24, 2.45) is 0 Å². The molecule has 0 aliphatic heterocycles. The SMILES string of the molecule is CC/C=C\C/C=C\C/C=C\C/C=C\C/C=C\CCCC(=O)OC(COC(=O)CCCCCCCCC/C=C\CCCCCCCC)COP(=O)(O)OC1C(O)C(O)C(O)C(O)C1O. The molecule has 0 bridgehead atoms. The zero-order valence-electron chi connectivity index (χ0n) is 38.3. The summed E-state index contributed by atoms with van der Waals surface area (Å²) in [6.07, 6.45) is 35.3. The van der Waals surface area contributed by atoms with E-state index in [0.717, 1.165) is 64.2 Å². The van der Waals surface area contributed by atoms with Gasteiger partial charge in [0, 0.05) is 12.8 Å². The average molecular weight is 911 g/mol. The van der Waals surface area contributed by atoms with Gasteiger partial charge in [0.25, 0.3) is 0 Å². The van der Waals surface area contributed by atoms with Crippen molar-refractivity contribution in [2.45, 2.75) is 211 Å². The number of hydrogen-bond acceptors (Lipinski definition) is 12. The molecule has 1 aliphatic rings. The van der Waals surface area contributed by atoms with E-state index >= 15 is 0 Å². The maximum atomic E-state index is 12.8. The van der Waals surface area contributed by atoms with E-state index in [9.17, 15) is 44.6 Å². The van der Waals surface area contributed by atoms with Crippen LogP contribution in [-0.4, -0.2) is 98.3 Å². The number of carbonyl (C=O) groups is 2. The van der Waals surface area contributed by atoms with Crippen molar-refractivity contribution in [2.75, 3.05) is 13.2 Å².